The van der Waals surface area contributed by atoms with Crippen molar-refractivity contribution >= 4 is 0 Å². The summed E-state index contributed by atoms with van der Waals surface area (Å²) in [6.45, 7) is 7.13. The van der Waals surface area contributed by atoms with E-state index in [2.05, 4.69) is 27.7 Å². The van der Waals surface area contributed by atoms with E-state index < -0.39 is 0 Å². The van der Waals surface area contributed by atoms with E-state index in [1.54, 1.807) is 6.42 Å². The number of likely N-dealkylation sites (tertiary alicyclic amines) is 1. The number of fused-ring (bicyclic) bond motifs is 5. The fourth-order valence-corrected chi connectivity index (χ4v) is 4.82. The Bertz CT molecular complexity index is 421. The summed E-state index contributed by atoms with van der Waals surface area (Å²) in [5.74, 6) is 4.25. The first-order valence-electron chi connectivity index (χ1n) is 7.52. The van der Waals surface area contributed by atoms with Gasteiger partial charge in [0.1, 0.15) is 0 Å². The van der Waals surface area contributed by atoms with Crippen molar-refractivity contribution in [2.75, 3.05) is 19.6 Å². The first-order valence-corrected chi connectivity index (χ1v) is 7.52. The van der Waals surface area contributed by atoms with Gasteiger partial charge in [-0.2, -0.15) is 5.10 Å². The van der Waals surface area contributed by atoms with Crippen molar-refractivity contribution in [2.24, 2.45) is 23.7 Å². The quantitative estimate of drug-likeness (QED) is 0.814. The van der Waals surface area contributed by atoms with Crippen LogP contribution in [0.4, 0.5) is 0 Å². The van der Waals surface area contributed by atoms with Crippen LogP contribution in [-0.4, -0.2) is 34.3 Å². The van der Waals surface area contributed by atoms with Crippen molar-refractivity contribution in [3.05, 3.63) is 18.0 Å². The van der Waals surface area contributed by atoms with E-state index in [4.69, 9.17) is 0 Å². The minimum absolute atomic E-state index is 1.04. The van der Waals surface area contributed by atoms with Crippen LogP contribution in [0.3, 0.4) is 0 Å². The van der Waals surface area contributed by atoms with Gasteiger partial charge >= 0.3 is 0 Å². The molecule has 4 atom stereocenters. The second kappa shape index (κ2) is 4.09. The predicted octanol–water partition coefficient (Wildman–Crippen LogP) is 2.17. The maximum absolute atomic E-state index is 4.38. The SMILES string of the molecule is Cc1ccnn1CCN1C[C@@H]2[C@@H]3CC[C@@H](C3)[C@@H]2C1. The number of rotatable bonds is 3. The highest BCUT2D eigenvalue weighted by molar-refractivity contribution is 5.02. The standard InChI is InChI=1S/C15H23N3/c1-11-4-5-16-18(11)7-6-17-9-14-12-2-3-13(8-12)15(14)10-17/h4-5,12-15H,2-3,6-10H2,1H3/t12-,13+,14-,15+. The number of hydrogen-bond donors (Lipinski definition) is 0. The third kappa shape index (κ3) is 1.63. The molecule has 0 amide bonds. The zero-order chi connectivity index (χ0) is 12.1. The molecular weight excluding hydrogens is 222 g/mol. The number of aromatic nitrogens is 2. The van der Waals surface area contributed by atoms with Gasteiger partial charge in [0.05, 0.1) is 6.54 Å². The fourth-order valence-electron chi connectivity index (χ4n) is 4.82. The molecule has 1 aromatic rings. The van der Waals surface area contributed by atoms with Crippen LogP contribution in [-0.2, 0) is 6.54 Å². The van der Waals surface area contributed by atoms with Crippen LogP contribution >= 0.6 is 0 Å². The Morgan fingerprint density at radius 1 is 1.17 bits per heavy atom. The van der Waals surface area contributed by atoms with Crippen molar-refractivity contribution in [3.8, 4) is 0 Å². The van der Waals surface area contributed by atoms with Crippen LogP contribution in [0, 0.1) is 30.6 Å². The molecule has 18 heavy (non-hydrogen) atoms. The lowest BCUT2D eigenvalue weighted by molar-refractivity contribution is 0.278. The van der Waals surface area contributed by atoms with Gasteiger partial charge in [-0.3, -0.25) is 4.68 Å². The van der Waals surface area contributed by atoms with Crippen molar-refractivity contribution in [1.82, 2.24) is 14.7 Å². The van der Waals surface area contributed by atoms with Gasteiger partial charge < -0.3 is 4.90 Å². The van der Waals surface area contributed by atoms with Gasteiger partial charge in [0, 0.05) is 31.5 Å². The molecule has 2 saturated carbocycles. The Hall–Kier alpha value is -0.830. The normalized spacial score (nSPS) is 38.5. The summed E-state index contributed by atoms with van der Waals surface area (Å²) in [6, 6.07) is 2.10. The Morgan fingerprint density at radius 3 is 2.50 bits per heavy atom. The average molecular weight is 245 g/mol. The Kier molecular flexibility index (Phi) is 2.51. The molecule has 3 fully saturated rings. The van der Waals surface area contributed by atoms with Crippen LogP contribution in [0.5, 0.6) is 0 Å². The van der Waals surface area contributed by atoms with E-state index in [9.17, 15) is 0 Å². The molecule has 0 aromatic carbocycles. The summed E-state index contributed by atoms with van der Waals surface area (Å²) in [6.07, 6.45) is 6.52. The molecule has 1 aliphatic heterocycles. The first-order chi connectivity index (χ1) is 8.81. The molecular formula is C15H23N3. The maximum atomic E-state index is 4.38. The largest absolute Gasteiger partial charge is 0.301 e. The smallest absolute Gasteiger partial charge is 0.0539 e. The van der Waals surface area contributed by atoms with E-state index in [1.165, 1.54) is 38.2 Å². The van der Waals surface area contributed by atoms with Gasteiger partial charge in [-0.05, 0) is 55.9 Å². The molecule has 2 heterocycles. The van der Waals surface area contributed by atoms with Crippen LogP contribution in [0.2, 0.25) is 0 Å². The number of hydrogen-bond acceptors (Lipinski definition) is 2. The Balaban J connectivity index is 1.37. The van der Waals surface area contributed by atoms with E-state index in [0.717, 1.165) is 30.2 Å². The molecule has 98 valence electrons. The van der Waals surface area contributed by atoms with E-state index in [-0.39, 0.29) is 0 Å². The third-order valence-corrected chi connectivity index (χ3v) is 5.77. The maximum Gasteiger partial charge on any atom is 0.0539 e. The fraction of sp³-hybridized carbons (Fsp3) is 0.800. The highest BCUT2D eigenvalue weighted by Crippen LogP contribution is 2.54. The molecule has 0 spiro atoms. The second-order valence-corrected chi connectivity index (χ2v) is 6.62. The zero-order valence-corrected chi connectivity index (χ0v) is 11.3. The number of aryl methyl sites for hydroxylation is 1. The summed E-state index contributed by atoms with van der Waals surface area (Å²) in [4.78, 5) is 2.70. The second-order valence-electron chi connectivity index (χ2n) is 6.62. The molecule has 2 bridgehead atoms. The Labute approximate surface area is 109 Å². The lowest BCUT2D eigenvalue weighted by Gasteiger charge is -2.22. The summed E-state index contributed by atoms with van der Waals surface area (Å²) in [7, 11) is 0. The van der Waals surface area contributed by atoms with Crippen molar-refractivity contribution in [1.29, 1.82) is 0 Å². The van der Waals surface area contributed by atoms with Crippen LogP contribution in [0.25, 0.3) is 0 Å². The molecule has 3 aliphatic rings. The molecule has 1 saturated heterocycles. The van der Waals surface area contributed by atoms with Gasteiger partial charge in [0.25, 0.3) is 0 Å². The lowest BCUT2D eigenvalue weighted by Crippen LogP contribution is -2.27. The first kappa shape index (κ1) is 11.0. The lowest BCUT2D eigenvalue weighted by atomic mass is 9.82. The van der Waals surface area contributed by atoms with Gasteiger partial charge in [-0.1, -0.05) is 0 Å². The molecule has 1 aromatic heterocycles. The highest BCUT2D eigenvalue weighted by atomic mass is 15.3. The van der Waals surface area contributed by atoms with Gasteiger partial charge in [0.15, 0.2) is 0 Å². The predicted molar refractivity (Wildman–Crippen MR) is 71.2 cm³/mol. The number of nitrogens with zero attached hydrogens (tertiary/aromatic N) is 3. The third-order valence-electron chi connectivity index (χ3n) is 5.77. The molecule has 4 rings (SSSR count). The summed E-state index contributed by atoms with van der Waals surface area (Å²) < 4.78 is 2.14. The molecule has 0 unspecified atom stereocenters. The van der Waals surface area contributed by atoms with E-state index in [1.807, 2.05) is 6.20 Å². The Morgan fingerprint density at radius 2 is 1.89 bits per heavy atom. The molecule has 0 radical (unpaired) electrons. The topological polar surface area (TPSA) is 21.1 Å². The summed E-state index contributed by atoms with van der Waals surface area (Å²) >= 11 is 0. The highest BCUT2D eigenvalue weighted by Gasteiger charge is 2.51. The minimum atomic E-state index is 1.04. The van der Waals surface area contributed by atoms with E-state index in [0.29, 0.717) is 0 Å². The minimum Gasteiger partial charge on any atom is -0.301 e. The van der Waals surface area contributed by atoms with Gasteiger partial charge in [-0.15, -0.1) is 0 Å². The molecule has 3 nitrogen and oxygen atoms in total. The summed E-state index contributed by atoms with van der Waals surface area (Å²) in [5, 5.41) is 4.38. The van der Waals surface area contributed by atoms with Crippen LogP contribution < -0.4 is 0 Å². The van der Waals surface area contributed by atoms with Crippen LogP contribution in [0.15, 0.2) is 12.3 Å². The average Bonchev–Trinajstić information content (AvgIpc) is 3.08. The van der Waals surface area contributed by atoms with Crippen molar-refractivity contribution < 1.29 is 0 Å². The van der Waals surface area contributed by atoms with E-state index >= 15 is 0 Å². The van der Waals surface area contributed by atoms with Gasteiger partial charge in [0.2, 0.25) is 0 Å². The zero-order valence-electron chi connectivity index (χ0n) is 11.3. The van der Waals surface area contributed by atoms with Crippen molar-refractivity contribution in [2.45, 2.75) is 32.7 Å². The molecule has 3 heteroatoms. The van der Waals surface area contributed by atoms with Gasteiger partial charge in [-0.25, -0.2) is 0 Å². The monoisotopic (exact) mass is 245 g/mol. The van der Waals surface area contributed by atoms with Crippen LogP contribution in [0.1, 0.15) is 25.0 Å². The van der Waals surface area contributed by atoms with Crippen molar-refractivity contribution in [3.63, 3.8) is 0 Å². The summed E-state index contributed by atoms with van der Waals surface area (Å²) in [5.41, 5.74) is 1.29. The molecule has 0 N–H and O–H groups in total. The molecule has 2 aliphatic carbocycles.